The molecule has 3 heteroatoms. The quantitative estimate of drug-likeness (QED) is 0.628. The third kappa shape index (κ3) is 1.07. The number of halogens is 1. The summed E-state index contributed by atoms with van der Waals surface area (Å²) in [6.45, 7) is 2.87. The van der Waals surface area contributed by atoms with Gasteiger partial charge in [0.05, 0.1) is 6.20 Å². The Morgan fingerprint density at radius 1 is 1.90 bits per heavy atom. The van der Waals surface area contributed by atoms with E-state index in [4.69, 9.17) is 6.42 Å². The lowest BCUT2D eigenvalue weighted by Gasteiger charge is -1.98. The fourth-order valence-electron chi connectivity index (χ4n) is 0.769. The van der Waals surface area contributed by atoms with E-state index in [1.807, 2.05) is 11.5 Å². The van der Waals surface area contributed by atoms with Gasteiger partial charge in [-0.2, -0.15) is 0 Å². The molecular weight excluding hydrogens is 192 g/mol. The summed E-state index contributed by atoms with van der Waals surface area (Å²) in [6.07, 6.45) is 6.88. The van der Waals surface area contributed by atoms with Crippen LogP contribution in [0.4, 0.5) is 0 Å². The maximum absolute atomic E-state index is 5.21. The first-order chi connectivity index (χ1) is 4.79. The lowest BCUT2D eigenvalue weighted by Crippen LogP contribution is -1.96. The minimum absolute atomic E-state index is 0.794. The zero-order chi connectivity index (χ0) is 7.56. The van der Waals surface area contributed by atoms with Crippen LogP contribution in [0, 0.1) is 12.3 Å². The molecule has 0 bridgehead atoms. The maximum Gasteiger partial charge on any atom is 0.178 e. The standard InChI is InChI=1S/C7H7BrN2/c1-3-6-5-9-7(8)10(6)4-2/h1,5H,4H2,2H3. The molecule has 0 aliphatic carbocycles. The molecule has 1 aromatic rings. The van der Waals surface area contributed by atoms with Gasteiger partial charge in [-0.15, -0.1) is 6.42 Å². The van der Waals surface area contributed by atoms with Crippen molar-refractivity contribution in [2.75, 3.05) is 0 Å². The van der Waals surface area contributed by atoms with E-state index in [9.17, 15) is 0 Å². The molecule has 0 atom stereocenters. The predicted octanol–water partition coefficient (Wildman–Crippen LogP) is 1.65. The van der Waals surface area contributed by atoms with Crippen molar-refractivity contribution in [3.63, 3.8) is 0 Å². The summed E-state index contributed by atoms with van der Waals surface area (Å²) in [4.78, 5) is 4.00. The van der Waals surface area contributed by atoms with Crippen molar-refractivity contribution >= 4 is 15.9 Å². The fourth-order valence-corrected chi connectivity index (χ4v) is 1.31. The van der Waals surface area contributed by atoms with Crippen LogP contribution in [0.15, 0.2) is 10.9 Å². The first-order valence-corrected chi connectivity index (χ1v) is 3.76. The van der Waals surface area contributed by atoms with Crippen molar-refractivity contribution in [3.8, 4) is 12.3 Å². The summed E-state index contributed by atoms with van der Waals surface area (Å²) in [5, 5.41) is 0. The molecule has 2 nitrogen and oxygen atoms in total. The Kier molecular flexibility index (Phi) is 2.13. The van der Waals surface area contributed by atoms with Gasteiger partial charge in [-0.25, -0.2) is 4.98 Å². The number of imidazole rings is 1. The summed E-state index contributed by atoms with van der Waals surface area (Å²) >= 11 is 3.27. The van der Waals surface area contributed by atoms with E-state index >= 15 is 0 Å². The molecule has 1 rings (SSSR count). The molecule has 0 saturated carbocycles. The van der Waals surface area contributed by atoms with Crippen molar-refractivity contribution in [1.82, 2.24) is 9.55 Å². The summed E-state index contributed by atoms with van der Waals surface area (Å²) in [5.41, 5.74) is 0.814. The third-order valence-corrected chi connectivity index (χ3v) is 1.90. The summed E-state index contributed by atoms with van der Waals surface area (Å²) < 4.78 is 2.71. The van der Waals surface area contributed by atoms with Crippen LogP contribution in [-0.4, -0.2) is 9.55 Å². The number of hydrogen-bond acceptors (Lipinski definition) is 1. The average molecular weight is 199 g/mol. The van der Waals surface area contributed by atoms with E-state index in [0.29, 0.717) is 0 Å². The predicted molar refractivity (Wildman–Crippen MR) is 43.5 cm³/mol. The van der Waals surface area contributed by atoms with Crippen LogP contribution in [0.2, 0.25) is 0 Å². The summed E-state index contributed by atoms with van der Waals surface area (Å²) in [7, 11) is 0. The highest BCUT2D eigenvalue weighted by Crippen LogP contribution is 2.09. The molecule has 0 unspecified atom stereocenters. The first kappa shape index (κ1) is 7.36. The Hall–Kier alpha value is -0.750. The largest absolute Gasteiger partial charge is 0.312 e. The normalized spacial score (nSPS) is 9.30. The minimum Gasteiger partial charge on any atom is -0.312 e. The molecule has 0 radical (unpaired) electrons. The zero-order valence-electron chi connectivity index (χ0n) is 5.63. The molecule has 0 aliphatic heterocycles. The van der Waals surface area contributed by atoms with Gasteiger partial charge in [0.1, 0.15) is 5.69 Å². The molecule has 0 spiro atoms. The molecular formula is C7H7BrN2. The summed E-state index contributed by atoms with van der Waals surface area (Å²) in [6, 6.07) is 0. The van der Waals surface area contributed by atoms with Gasteiger partial charge in [0.2, 0.25) is 0 Å². The Morgan fingerprint density at radius 2 is 2.60 bits per heavy atom. The zero-order valence-corrected chi connectivity index (χ0v) is 7.22. The van der Waals surface area contributed by atoms with Gasteiger partial charge in [-0.05, 0) is 22.9 Å². The SMILES string of the molecule is C#Cc1cnc(Br)n1CC. The van der Waals surface area contributed by atoms with Crippen molar-refractivity contribution in [2.24, 2.45) is 0 Å². The van der Waals surface area contributed by atoms with Gasteiger partial charge in [0.15, 0.2) is 4.73 Å². The van der Waals surface area contributed by atoms with Crippen LogP contribution in [-0.2, 0) is 6.54 Å². The van der Waals surface area contributed by atoms with Gasteiger partial charge < -0.3 is 4.57 Å². The molecule has 0 amide bonds. The second-order valence-corrected chi connectivity index (χ2v) is 2.51. The van der Waals surface area contributed by atoms with E-state index in [2.05, 4.69) is 26.8 Å². The van der Waals surface area contributed by atoms with E-state index in [1.165, 1.54) is 0 Å². The molecule has 10 heavy (non-hydrogen) atoms. The number of rotatable bonds is 1. The molecule has 0 N–H and O–H groups in total. The van der Waals surface area contributed by atoms with Crippen molar-refractivity contribution in [3.05, 3.63) is 16.6 Å². The van der Waals surface area contributed by atoms with E-state index < -0.39 is 0 Å². The van der Waals surface area contributed by atoms with E-state index in [-0.39, 0.29) is 0 Å². The smallest absolute Gasteiger partial charge is 0.178 e. The van der Waals surface area contributed by atoms with Gasteiger partial charge >= 0.3 is 0 Å². The van der Waals surface area contributed by atoms with Crippen LogP contribution in [0.1, 0.15) is 12.6 Å². The second-order valence-electron chi connectivity index (χ2n) is 1.80. The lowest BCUT2D eigenvalue weighted by atomic mass is 10.5. The average Bonchev–Trinajstić information content (AvgIpc) is 2.30. The second kappa shape index (κ2) is 2.89. The molecule has 1 heterocycles. The van der Waals surface area contributed by atoms with Gasteiger partial charge in [-0.3, -0.25) is 0 Å². The molecule has 0 aliphatic rings. The van der Waals surface area contributed by atoms with E-state index in [1.54, 1.807) is 6.20 Å². The third-order valence-electron chi connectivity index (χ3n) is 1.27. The van der Waals surface area contributed by atoms with Gasteiger partial charge in [0, 0.05) is 6.54 Å². The maximum atomic E-state index is 5.21. The number of hydrogen-bond donors (Lipinski definition) is 0. The van der Waals surface area contributed by atoms with Crippen LogP contribution in [0.3, 0.4) is 0 Å². The Bertz CT molecular complexity index is 270. The van der Waals surface area contributed by atoms with E-state index in [0.717, 1.165) is 17.0 Å². The Morgan fingerprint density at radius 3 is 3.00 bits per heavy atom. The minimum atomic E-state index is 0.794. The fraction of sp³-hybridized carbons (Fsp3) is 0.286. The molecule has 0 saturated heterocycles. The van der Waals surface area contributed by atoms with Crippen LogP contribution in [0.5, 0.6) is 0 Å². The van der Waals surface area contributed by atoms with Crippen LogP contribution >= 0.6 is 15.9 Å². The number of nitrogens with zero attached hydrogens (tertiary/aromatic N) is 2. The molecule has 52 valence electrons. The van der Waals surface area contributed by atoms with Gasteiger partial charge in [-0.1, -0.05) is 5.92 Å². The molecule has 0 fully saturated rings. The highest BCUT2D eigenvalue weighted by atomic mass is 79.9. The highest BCUT2D eigenvalue weighted by Gasteiger charge is 2.01. The lowest BCUT2D eigenvalue weighted by molar-refractivity contribution is 0.733. The molecule has 1 aromatic heterocycles. The monoisotopic (exact) mass is 198 g/mol. The van der Waals surface area contributed by atoms with Crippen molar-refractivity contribution in [2.45, 2.75) is 13.5 Å². The Labute approximate surface area is 68.4 Å². The summed E-state index contributed by atoms with van der Waals surface area (Å²) in [5.74, 6) is 2.54. The first-order valence-electron chi connectivity index (χ1n) is 2.97. The van der Waals surface area contributed by atoms with Crippen LogP contribution < -0.4 is 0 Å². The topological polar surface area (TPSA) is 17.8 Å². The van der Waals surface area contributed by atoms with Gasteiger partial charge in [0.25, 0.3) is 0 Å². The number of aromatic nitrogens is 2. The number of terminal acetylenes is 1. The van der Waals surface area contributed by atoms with Crippen LogP contribution in [0.25, 0.3) is 0 Å². The highest BCUT2D eigenvalue weighted by molar-refractivity contribution is 9.10. The Balaban J connectivity index is 3.16. The van der Waals surface area contributed by atoms with Crippen molar-refractivity contribution in [1.29, 1.82) is 0 Å². The molecule has 0 aromatic carbocycles. The van der Waals surface area contributed by atoms with Crippen molar-refractivity contribution < 1.29 is 0 Å².